The van der Waals surface area contributed by atoms with Crippen molar-refractivity contribution in [2.75, 3.05) is 18.9 Å². The van der Waals surface area contributed by atoms with Crippen molar-refractivity contribution in [3.05, 3.63) is 29.8 Å². The molecule has 0 radical (unpaired) electrons. The molecule has 2 nitrogen and oxygen atoms in total. The van der Waals surface area contributed by atoms with Crippen molar-refractivity contribution in [2.45, 2.75) is 37.6 Å². The van der Waals surface area contributed by atoms with E-state index in [4.69, 9.17) is 5.11 Å². The van der Waals surface area contributed by atoms with E-state index in [2.05, 4.69) is 43.4 Å². The summed E-state index contributed by atoms with van der Waals surface area (Å²) in [7, 11) is 0. The summed E-state index contributed by atoms with van der Waals surface area (Å²) in [4.78, 5) is 1.32. The SMILES string of the molecule is CCNC(C)c1ccc(SCCCCO)cc1. The van der Waals surface area contributed by atoms with Gasteiger partial charge in [0.1, 0.15) is 0 Å². The molecular formula is C14H23NOS. The predicted molar refractivity (Wildman–Crippen MR) is 75.6 cm³/mol. The number of aliphatic hydroxyl groups is 1. The van der Waals surface area contributed by atoms with E-state index in [-0.39, 0.29) is 0 Å². The molecule has 0 fully saturated rings. The fourth-order valence-corrected chi connectivity index (χ4v) is 2.59. The maximum atomic E-state index is 8.70. The van der Waals surface area contributed by atoms with Crippen LogP contribution in [0.1, 0.15) is 38.3 Å². The highest BCUT2D eigenvalue weighted by atomic mass is 32.2. The van der Waals surface area contributed by atoms with Gasteiger partial charge in [0.2, 0.25) is 0 Å². The Kier molecular flexibility index (Phi) is 7.33. The molecule has 0 spiro atoms. The Hall–Kier alpha value is -0.510. The van der Waals surface area contributed by atoms with Crippen LogP contribution >= 0.6 is 11.8 Å². The Morgan fingerprint density at radius 2 is 1.94 bits per heavy atom. The lowest BCUT2D eigenvalue weighted by Crippen LogP contribution is -2.17. The van der Waals surface area contributed by atoms with E-state index in [0.717, 1.165) is 25.1 Å². The molecule has 0 aliphatic rings. The van der Waals surface area contributed by atoms with Crippen molar-refractivity contribution in [1.82, 2.24) is 5.32 Å². The second-order valence-corrected chi connectivity index (χ2v) is 5.30. The van der Waals surface area contributed by atoms with E-state index in [9.17, 15) is 0 Å². The molecule has 1 unspecified atom stereocenters. The molecule has 3 heteroatoms. The van der Waals surface area contributed by atoms with Crippen LogP contribution in [0.25, 0.3) is 0 Å². The molecule has 0 aliphatic heterocycles. The molecule has 2 N–H and O–H groups in total. The van der Waals surface area contributed by atoms with Gasteiger partial charge >= 0.3 is 0 Å². The van der Waals surface area contributed by atoms with Gasteiger partial charge in [0.05, 0.1) is 0 Å². The third-order valence-electron chi connectivity index (χ3n) is 2.71. The maximum Gasteiger partial charge on any atom is 0.0431 e. The molecule has 1 aromatic carbocycles. The molecular weight excluding hydrogens is 230 g/mol. The number of rotatable bonds is 8. The van der Waals surface area contributed by atoms with Crippen molar-refractivity contribution >= 4 is 11.8 Å². The third kappa shape index (κ3) is 5.57. The molecule has 96 valence electrons. The van der Waals surface area contributed by atoms with Crippen LogP contribution in [0.15, 0.2) is 29.2 Å². The Balaban J connectivity index is 2.39. The average Bonchev–Trinajstić information content (AvgIpc) is 2.36. The van der Waals surface area contributed by atoms with Gasteiger partial charge in [0.25, 0.3) is 0 Å². The van der Waals surface area contributed by atoms with E-state index in [1.54, 1.807) is 0 Å². The molecule has 0 saturated carbocycles. The van der Waals surface area contributed by atoms with Gasteiger partial charge in [-0.15, -0.1) is 11.8 Å². The topological polar surface area (TPSA) is 32.3 Å². The summed E-state index contributed by atoms with van der Waals surface area (Å²) in [6.45, 7) is 5.62. The molecule has 0 aliphatic carbocycles. The first kappa shape index (κ1) is 14.6. The van der Waals surface area contributed by atoms with Gasteiger partial charge < -0.3 is 10.4 Å². The molecule has 0 saturated heterocycles. The van der Waals surface area contributed by atoms with Crippen molar-refractivity contribution in [3.63, 3.8) is 0 Å². The van der Waals surface area contributed by atoms with Gasteiger partial charge in [-0.2, -0.15) is 0 Å². The minimum Gasteiger partial charge on any atom is -0.396 e. The lowest BCUT2D eigenvalue weighted by atomic mass is 10.1. The Morgan fingerprint density at radius 3 is 2.53 bits per heavy atom. The van der Waals surface area contributed by atoms with Crippen LogP contribution in [-0.2, 0) is 0 Å². The molecule has 1 atom stereocenters. The molecule has 17 heavy (non-hydrogen) atoms. The van der Waals surface area contributed by atoms with Gasteiger partial charge in [0.15, 0.2) is 0 Å². The van der Waals surface area contributed by atoms with Gasteiger partial charge in [-0.3, -0.25) is 0 Å². The zero-order valence-electron chi connectivity index (χ0n) is 10.8. The first-order valence-corrected chi connectivity index (χ1v) is 7.33. The van der Waals surface area contributed by atoms with E-state index >= 15 is 0 Å². The number of hydrogen-bond acceptors (Lipinski definition) is 3. The summed E-state index contributed by atoms with van der Waals surface area (Å²) in [5, 5.41) is 12.1. The largest absolute Gasteiger partial charge is 0.396 e. The zero-order chi connectivity index (χ0) is 12.5. The second kappa shape index (κ2) is 8.56. The summed E-state index contributed by atoms with van der Waals surface area (Å²) >= 11 is 1.86. The zero-order valence-corrected chi connectivity index (χ0v) is 11.6. The Bertz CT molecular complexity index is 300. The standard InChI is InChI=1S/C14H23NOS/c1-3-15-12(2)13-6-8-14(9-7-13)17-11-5-4-10-16/h6-9,12,15-16H,3-5,10-11H2,1-2H3. The Labute approximate surface area is 109 Å². The molecule has 1 rings (SSSR count). The lowest BCUT2D eigenvalue weighted by Gasteiger charge is -2.13. The Morgan fingerprint density at radius 1 is 1.24 bits per heavy atom. The minimum atomic E-state index is 0.305. The van der Waals surface area contributed by atoms with E-state index < -0.39 is 0 Å². The quantitative estimate of drug-likeness (QED) is 0.551. The van der Waals surface area contributed by atoms with Gasteiger partial charge in [0, 0.05) is 17.5 Å². The molecule has 0 amide bonds. The van der Waals surface area contributed by atoms with Crippen molar-refractivity contribution in [3.8, 4) is 0 Å². The average molecular weight is 253 g/mol. The maximum absolute atomic E-state index is 8.70. The van der Waals surface area contributed by atoms with Crippen LogP contribution in [0.3, 0.4) is 0 Å². The van der Waals surface area contributed by atoms with Crippen molar-refractivity contribution < 1.29 is 5.11 Å². The van der Waals surface area contributed by atoms with E-state index in [1.807, 2.05) is 11.8 Å². The fourth-order valence-electron chi connectivity index (χ4n) is 1.68. The molecule has 0 aromatic heterocycles. The first-order valence-electron chi connectivity index (χ1n) is 6.35. The highest BCUT2D eigenvalue weighted by Gasteiger charge is 2.03. The van der Waals surface area contributed by atoms with E-state index in [0.29, 0.717) is 12.6 Å². The summed E-state index contributed by atoms with van der Waals surface area (Å²) in [6, 6.07) is 9.19. The van der Waals surface area contributed by atoms with Crippen LogP contribution in [0.5, 0.6) is 0 Å². The minimum absolute atomic E-state index is 0.305. The van der Waals surface area contributed by atoms with E-state index in [1.165, 1.54) is 10.5 Å². The highest BCUT2D eigenvalue weighted by molar-refractivity contribution is 7.99. The third-order valence-corrected chi connectivity index (χ3v) is 3.81. The second-order valence-electron chi connectivity index (χ2n) is 4.13. The van der Waals surface area contributed by atoms with Crippen LogP contribution in [0, 0.1) is 0 Å². The predicted octanol–water partition coefficient (Wildman–Crippen LogP) is 3.22. The van der Waals surface area contributed by atoms with Crippen LogP contribution in [0.4, 0.5) is 0 Å². The summed E-state index contributed by atoms with van der Waals surface area (Å²) in [5.74, 6) is 1.09. The first-order chi connectivity index (χ1) is 8.27. The summed E-state index contributed by atoms with van der Waals surface area (Å²) < 4.78 is 0. The van der Waals surface area contributed by atoms with Crippen LogP contribution < -0.4 is 5.32 Å². The van der Waals surface area contributed by atoms with Crippen LogP contribution in [-0.4, -0.2) is 24.0 Å². The fraction of sp³-hybridized carbons (Fsp3) is 0.571. The van der Waals surface area contributed by atoms with Crippen LogP contribution in [0.2, 0.25) is 0 Å². The van der Waals surface area contributed by atoms with Gasteiger partial charge in [-0.25, -0.2) is 0 Å². The number of aliphatic hydroxyl groups excluding tert-OH is 1. The van der Waals surface area contributed by atoms with Crippen molar-refractivity contribution in [1.29, 1.82) is 0 Å². The highest BCUT2D eigenvalue weighted by Crippen LogP contribution is 2.21. The molecule has 1 aromatic rings. The molecule has 0 heterocycles. The van der Waals surface area contributed by atoms with Gasteiger partial charge in [-0.1, -0.05) is 19.1 Å². The number of benzene rings is 1. The smallest absolute Gasteiger partial charge is 0.0431 e. The van der Waals surface area contributed by atoms with Crippen molar-refractivity contribution in [2.24, 2.45) is 0 Å². The number of hydrogen-bond donors (Lipinski definition) is 2. The summed E-state index contributed by atoms with van der Waals surface area (Å²) in [6.07, 6.45) is 1.99. The normalized spacial score (nSPS) is 12.6. The lowest BCUT2D eigenvalue weighted by molar-refractivity contribution is 0.287. The van der Waals surface area contributed by atoms with Gasteiger partial charge in [-0.05, 0) is 49.8 Å². The monoisotopic (exact) mass is 253 g/mol. The number of nitrogens with one attached hydrogen (secondary N) is 1. The molecule has 0 bridgehead atoms. The number of thioether (sulfide) groups is 1. The number of unbranched alkanes of at least 4 members (excludes halogenated alkanes) is 1. The summed E-state index contributed by atoms with van der Waals surface area (Å²) in [5.41, 5.74) is 1.34.